The van der Waals surface area contributed by atoms with Gasteiger partial charge >= 0.3 is 6.09 Å². The average Bonchev–Trinajstić information content (AvgIpc) is 2.85. The summed E-state index contributed by atoms with van der Waals surface area (Å²) in [7, 11) is 0. The quantitative estimate of drug-likeness (QED) is 0.752. The molecule has 0 aromatic carbocycles. The maximum atomic E-state index is 11.5. The molecule has 1 amide bonds. The summed E-state index contributed by atoms with van der Waals surface area (Å²) < 4.78 is 5.23. The van der Waals surface area contributed by atoms with Gasteiger partial charge in [0.05, 0.1) is 0 Å². The minimum atomic E-state index is -0.411. The molecule has 4 heteroatoms. The number of carbonyl (C=O) groups is 1. The van der Waals surface area contributed by atoms with Crippen LogP contribution in [0.1, 0.15) is 40.0 Å². The number of carbonyl (C=O) groups excluding carboxylic acids is 1. The highest BCUT2D eigenvalue weighted by Crippen LogP contribution is 2.36. The smallest absolute Gasteiger partial charge is 0.407 e. The summed E-state index contributed by atoms with van der Waals surface area (Å²) in [6.45, 7) is 6.52. The van der Waals surface area contributed by atoms with Crippen molar-refractivity contribution in [2.75, 3.05) is 6.54 Å². The molecule has 1 heterocycles. The highest BCUT2D eigenvalue weighted by atomic mass is 16.6. The summed E-state index contributed by atoms with van der Waals surface area (Å²) in [6.07, 6.45) is 3.44. The molecule has 1 aliphatic carbocycles. The summed E-state index contributed by atoms with van der Waals surface area (Å²) in [5.41, 5.74) is -0.411. The molecule has 92 valence electrons. The molecule has 0 aromatic rings. The van der Waals surface area contributed by atoms with Gasteiger partial charge in [0.2, 0.25) is 0 Å². The number of nitrogens with one attached hydrogen (secondary N) is 2. The van der Waals surface area contributed by atoms with E-state index in [0.717, 1.165) is 18.9 Å². The van der Waals surface area contributed by atoms with Gasteiger partial charge in [0.15, 0.2) is 0 Å². The van der Waals surface area contributed by atoms with Crippen LogP contribution in [0.5, 0.6) is 0 Å². The molecule has 2 fully saturated rings. The molecule has 2 atom stereocenters. The van der Waals surface area contributed by atoms with E-state index in [1.807, 2.05) is 20.8 Å². The molecule has 4 nitrogen and oxygen atoms in total. The van der Waals surface area contributed by atoms with Crippen LogP contribution < -0.4 is 10.6 Å². The lowest BCUT2D eigenvalue weighted by atomic mass is 10.1. The van der Waals surface area contributed by atoms with Crippen LogP contribution in [-0.2, 0) is 4.74 Å². The van der Waals surface area contributed by atoms with E-state index in [1.165, 1.54) is 12.8 Å². The first-order valence-electron chi connectivity index (χ1n) is 6.17. The molecular formula is C12H22N2O2. The molecule has 0 aromatic heterocycles. The van der Waals surface area contributed by atoms with Gasteiger partial charge in [-0.25, -0.2) is 4.79 Å². The molecule has 0 spiro atoms. The van der Waals surface area contributed by atoms with Crippen LogP contribution in [0, 0.1) is 5.92 Å². The van der Waals surface area contributed by atoms with Gasteiger partial charge < -0.3 is 15.4 Å². The van der Waals surface area contributed by atoms with E-state index >= 15 is 0 Å². The van der Waals surface area contributed by atoms with E-state index < -0.39 is 5.60 Å². The van der Waals surface area contributed by atoms with Gasteiger partial charge in [0, 0.05) is 18.6 Å². The molecule has 16 heavy (non-hydrogen) atoms. The Kier molecular flexibility index (Phi) is 3.10. The largest absolute Gasteiger partial charge is 0.444 e. The second kappa shape index (κ2) is 4.24. The lowest BCUT2D eigenvalue weighted by molar-refractivity contribution is 0.0508. The third kappa shape index (κ3) is 3.37. The van der Waals surface area contributed by atoms with Crippen molar-refractivity contribution >= 4 is 6.09 Å². The monoisotopic (exact) mass is 226 g/mol. The topological polar surface area (TPSA) is 50.4 Å². The first kappa shape index (κ1) is 11.7. The number of ether oxygens (including phenoxy) is 1. The normalized spacial score (nSPS) is 30.2. The Bertz CT molecular complexity index is 269. The van der Waals surface area contributed by atoms with Gasteiger partial charge in [0.1, 0.15) is 5.60 Å². The van der Waals surface area contributed by atoms with Gasteiger partial charge in [-0.05, 0) is 46.0 Å². The summed E-state index contributed by atoms with van der Waals surface area (Å²) in [4.78, 5) is 11.5. The molecule has 2 aliphatic rings. The van der Waals surface area contributed by atoms with Crippen molar-refractivity contribution in [3.8, 4) is 0 Å². The van der Waals surface area contributed by atoms with Gasteiger partial charge in [-0.1, -0.05) is 0 Å². The maximum absolute atomic E-state index is 11.5. The Balaban J connectivity index is 1.71. The van der Waals surface area contributed by atoms with Crippen LogP contribution in [0.3, 0.4) is 0 Å². The van der Waals surface area contributed by atoms with Gasteiger partial charge in [-0.2, -0.15) is 0 Å². The zero-order valence-corrected chi connectivity index (χ0v) is 10.4. The van der Waals surface area contributed by atoms with Crippen molar-refractivity contribution in [1.82, 2.24) is 10.6 Å². The molecule has 0 bridgehead atoms. The Hall–Kier alpha value is -0.770. The Morgan fingerprint density at radius 1 is 1.38 bits per heavy atom. The average molecular weight is 226 g/mol. The second-order valence-electron chi connectivity index (χ2n) is 5.93. The van der Waals surface area contributed by atoms with Crippen molar-refractivity contribution in [3.63, 3.8) is 0 Å². The molecule has 0 unspecified atom stereocenters. The molecule has 1 saturated heterocycles. The van der Waals surface area contributed by atoms with Crippen molar-refractivity contribution in [2.45, 2.75) is 57.7 Å². The third-order valence-electron chi connectivity index (χ3n) is 3.08. The molecular weight excluding hydrogens is 204 g/mol. The third-order valence-corrected chi connectivity index (χ3v) is 3.08. The van der Waals surface area contributed by atoms with Crippen molar-refractivity contribution in [1.29, 1.82) is 0 Å². The fraction of sp³-hybridized carbons (Fsp3) is 0.917. The summed E-state index contributed by atoms with van der Waals surface area (Å²) in [5.74, 6) is 0.852. The highest BCUT2D eigenvalue weighted by Gasteiger charge is 2.37. The molecule has 2 rings (SSSR count). The minimum absolute atomic E-state index is 0.237. The number of amides is 1. The summed E-state index contributed by atoms with van der Waals surface area (Å²) >= 11 is 0. The zero-order valence-electron chi connectivity index (χ0n) is 10.4. The molecule has 1 aliphatic heterocycles. The number of rotatable bonds is 2. The standard InChI is InChI=1S/C12H22N2O2/c1-12(2,3)16-11(15)14-9-6-10(13-7-9)8-4-5-8/h8-10,13H,4-7H2,1-3H3,(H,14,15)/t9-,10+/m1/s1. The first-order chi connectivity index (χ1) is 7.44. The lowest BCUT2D eigenvalue weighted by Gasteiger charge is -2.21. The Morgan fingerprint density at radius 3 is 2.62 bits per heavy atom. The Labute approximate surface area is 97.1 Å². The van der Waals surface area contributed by atoms with Crippen LogP contribution in [0.4, 0.5) is 4.79 Å². The Morgan fingerprint density at radius 2 is 2.06 bits per heavy atom. The van der Waals surface area contributed by atoms with Crippen LogP contribution in [0.25, 0.3) is 0 Å². The van der Waals surface area contributed by atoms with Crippen molar-refractivity contribution in [2.24, 2.45) is 5.92 Å². The van der Waals surface area contributed by atoms with Crippen LogP contribution >= 0.6 is 0 Å². The zero-order chi connectivity index (χ0) is 11.8. The predicted octanol–water partition coefficient (Wildman–Crippen LogP) is 1.65. The summed E-state index contributed by atoms with van der Waals surface area (Å²) in [5, 5.41) is 6.39. The molecule has 0 radical (unpaired) electrons. The van der Waals surface area contributed by atoms with Gasteiger partial charge in [0.25, 0.3) is 0 Å². The second-order valence-corrected chi connectivity index (χ2v) is 5.93. The fourth-order valence-corrected chi connectivity index (χ4v) is 2.21. The van der Waals surface area contributed by atoms with E-state index in [0.29, 0.717) is 6.04 Å². The molecule has 2 N–H and O–H groups in total. The predicted molar refractivity (Wildman–Crippen MR) is 62.3 cm³/mol. The van der Waals surface area contributed by atoms with Crippen molar-refractivity contribution in [3.05, 3.63) is 0 Å². The van der Waals surface area contributed by atoms with Gasteiger partial charge in [-0.15, -0.1) is 0 Å². The van der Waals surface area contributed by atoms with E-state index in [9.17, 15) is 4.79 Å². The van der Waals surface area contributed by atoms with Crippen LogP contribution in [-0.4, -0.2) is 30.3 Å². The van der Waals surface area contributed by atoms with Crippen molar-refractivity contribution < 1.29 is 9.53 Å². The maximum Gasteiger partial charge on any atom is 0.407 e. The minimum Gasteiger partial charge on any atom is -0.444 e. The van der Waals surface area contributed by atoms with E-state index in [-0.39, 0.29) is 12.1 Å². The molecule has 1 saturated carbocycles. The SMILES string of the molecule is CC(C)(C)OC(=O)N[C@H]1CN[C@H](C2CC2)C1. The van der Waals surface area contributed by atoms with Crippen LogP contribution in [0.2, 0.25) is 0 Å². The number of hydrogen-bond donors (Lipinski definition) is 2. The van der Waals surface area contributed by atoms with E-state index in [1.54, 1.807) is 0 Å². The van der Waals surface area contributed by atoms with E-state index in [4.69, 9.17) is 4.74 Å². The highest BCUT2D eigenvalue weighted by molar-refractivity contribution is 5.68. The fourth-order valence-electron chi connectivity index (χ4n) is 2.21. The number of alkyl carbamates (subject to hydrolysis) is 1. The van der Waals surface area contributed by atoms with Gasteiger partial charge in [-0.3, -0.25) is 0 Å². The first-order valence-corrected chi connectivity index (χ1v) is 6.17. The van der Waals surface area contributed by atoms with E-state index in [2.05, 4.69) is 10.6 Å². The summed E-state index contributed by atoms with van der Waals surface area (Å²) in [6, 6.07) is 0.848. The number of hydrogen-bond acceptors (Lipinski definition) is 3. The lowest BCUT2D eigenvalue weighted by Crippen LogP contribution is -2.40. The van der Waals surface area contributed by atoms with Crippen LogP contribution in [0.15, 0.2) is 0 Å².